The topological polar surface area (TPSA) is 72.8 Å². The molecule has 3 rings (SSSR count). The van der Waals surface area contributed by atoms with Crippen molar-refractivity contribution in [2.75, 3.05) is 11.4 Å². The summed E-state index contributed by atoms with van der Waals surface area (Å²) in [6.45, 7) is 0.458. The minimum atomic E-state index is -1.72. The van der Waals surface area contributed by atoms with E-state index in [4.69, 9.17) is 0 Å². The molecule has 1 aromatic rings. The lowest BCUT2D eigenvalue weighted by molar-refractivity contribution is -0.149. The third-order valence-electron chi connectivity index (χ3n) is 4.63. The van der Waals surface area contributed by atoms with Crippen LogP contribution in [-0.4, -0.2) is 40.5 Å². The van der Waals surface area contributed by atoms with Crippen LogP contribution in [0.2, 0.25) is 0 Å². The van der Waals surface area contributed by atoms with Gasteiger partial charge in [-0.25, -0.2) is 0 Å². The Morgan fingerprint density at radius 2 is 1.90 bits per heavy atom. The number of amides is 1. The Balaban J connectivity index is 1.71. The molecule has 114 valence electrons. The maximum atomic E-state index is 12.4. The van der Waals surface area contributed by atoms with E-state index < -0.39 is 17.7 Å². The van der Waals surface area contributed by atoms with Crippen LogP contribution < -0.4 is 10.2 Å². The van der Waals surface area contributed by atoms with Gasteiger partial charge in [-0.05, 0) is 25.0 Å². The molecule has 0 bridgehead atoms. The molecule has 1 aromatic carbocycles. The second kappa shape index (κ2) is 5.66. The van der Waals surface area contributed by atoms with Gasteiger partial charge >= 0.3 is 0 Å². The summed E-state index contributed by atoms with van der Waals surface area (Å²) in [5, 5.41) is 23.9. The van der Waals surface area contributed by atoms with Crippen molar-refractivity contribution in [3.63, 3.8) is 0 Å². The van der Waals surface area contributed by atoms with Crippen LogP contribution in [0.4, 0.5) is 5.69 Å². The summed E-state index contributed by atoms with van der Waals surface area (Å²) in [5.41, 5.74) is -0.909. The average Bonchev–Trinajstić information content (AvgIpc) is 3.10. The number of aliphatic hydroxyl groups excluding tert-OH is 1. The van der Waals surface area contributed by atoms with Gasteiger partial charge in [-0.2, -0.15) is 0 Å². The van der Waals surface area contributed by atoms with Crippen LogP contribution >= 0.6 is 0 Å². The number of hydrogen-bond donors (Lipinski definition) is 3. The van der Waals surface area contributed by atoms with Crippen molar-refractivity contribution in [1.82, 2.24) is 5.32 Å². The molecule has 1 saturated carbocycles. The van der Waals surface area contributed by atoms with Gasteiger partial charge in [0.1, 0.15) is 0 Å². The lowest BCUT2D eigenvalue weighted by atomic mass is 9.99. The third-order valence-corrected chi connectivity index (χ3v) is 4.63. The Morgan fingerprint density at radius 3 is 2.57 bits per heavy atom. The molecule has 2 atom stereocenters. The van der Waals surface area contributed by atoms with Crippen molar-refractivity contribution >= 4 is 11.6 Å². The van der Waals surface area contributed by atoms with E-state index in [1.165, 1.54) is 0 Å². The van der Waals surface area contributed by atoms with Gasteiger partial charge in [0.2, 0.25) is 0 Å². The standard InChI is InChI=1S/C16H22N2O3/c19-14(17-12-6-4-5-7-12)16(21)10-11-18(15(16)20)13-8-2-1-3-9-13/h1-3,8-9,12,15,20-21H,4-7,10-11H2,(H,17,19)/t15?,16-/m0/s1. The Morgan fingerprint density at radius 1 is 1.24 bits per heavy atom. The molecule has 21 heavy (non-hydrogen) atoms. The van der Waals surface area contributed by atoms with Crippen molar-refractivity contribution in [3.8, 4) is 0 Å². The van der Waals surface area contributed by atoms with Crippen molar-refractivity contribution in [2.45, 2.75) is 50.0 Å². The van der Waals surface area contributed by atoms with Gasteiger partial charge in [0.15, 0.2) is 11.8 Å². The normalized spacial score (nSPS) is 29.8. The Hall–Kier alpha value is -1.59. The Bertz CT molecular complexity index is 502. The van der Waals surface area contributed by atoms with Crippen molar-refractivity contribution in [1.29, 1.82) is 0 Å². The first kappa shape index (κ1) is 14.4. The fourth-order valence-corrected chi connectivity index (χ4v) is 3.30. The molecular weight excluding hydrogens is 268 g/mol. The lowest BCUT2D eigenvalue weighted by Crippen LogP contribution is -2.56. The lowest BCUT2D eigenvalue weighted by Gasteiger charge is -2.30. The summed E-state index contributed by atoms with van der Waals surface area (Å²) >= 11 is 0. The first-order chi connectivity index (χ1) is 10.1. The minimum absolute atomic E-state index is 0.138. The smallest absolute Gasteiger partial charge is 0.257 e. The zero-order valence-corrected chi connectivity index (χ0v) is 12.0. The first-order valence-corrected chi connectivity index (χ1v) is 7.64. The molecule has 2 aliphatic rings. The van der Waals surface area contributed by atoms with Crippen LogP contribution in [0.5, 0.6) is 0 Å². The molecule has 1 heterocycles. The first-order valence-electron chi connectivity index (χ1n) is 7.64. The van der Waals surface area contributed by atoms with Crippen LogP contribution in [-0.2, 0) is 4.79 Å². The second-order valence-corrected chi connectivity index (χ2v) is 6.03. The zero-order valence-electron chi connectivity index (χ0n) is 12.0. The molecule has 1 aliphatic heterocycles. The second-order valence-electron chi connectivity index (χ2n) is 6.03. The molecule has 0 aromatic heterocycles. The van der Waals surface area contributed by atoms with Crippen LogP contribution in [0.25, 0.3) is 0 Å². The SMILES string of the molecule is O=C(NC1CCCC1)[C@@]1(O)CCN(c2ccccc2)C1O. The fraction of sp³-hybridized carbons (Fsp3) is 0.562. The van der Waals surface area contributed by atoms with E-state index >= 15 is 0 Å². The summed E-state index contributed by atoms with van der Waals surface area (Å²) in [6, 6.07) is 9.51. The highest BCUT2D eigenvalue weighted by Crippen LogP contribution is 2.32. The number of benzene rings is 1. The van der Waals surface area contributed by atoms with E-state index in [9.17, 15) is 15.0 Å². The third kappa shape index (κ3) is 2.63. The number of rotatable bonds is 3. The molecule has 5 heteroatoms. The number of nitrogens with one attached hydrogen (secondary N) is 1. The summed E-state index contributed by atoms with van der Waals surface area (Å²) in [6.07, 6.45) is 3.17. The number of carbonyl (C=O) groups excluding carboxylic acids is 1. The van der Waals surface area contributed by atoms with E-state index in [0.29, 0.717) is 6.54 Å². The van der Waals surface area contributed by atoms with Gasteiger partial charge in [-0.3, -0.25) is 4.79 Å². The van der Waals surface area contributed by atoms with Crippen molar-refractivity contribution in [3.05, 3.63) is 30.3 Å². The van der Waals surface area contributed by atoms with Crippen molar-refractivity contribution < 1.29 is 15.0 Å². The molecule has 5 nitrogen and oxygen atoms in total. The molecule has 1 aliphatic carbocycles. The Labute approximate surface area is 124 Å². The fourth-order valence-electron chi connectivity index (χ4n) is 3.30. The monoisotopic (exact) mass is 290 g/mol. The molecule has 1 amide bonds. The molecule has 2 fully saturated rings. The van der Waals surface area contributed by atoms with Crippen LogP contribution in [0.15, 0.2) is 30.3 Å². The van der Waals surface area contributed by atoms with Gasteiger partial charge in [0.05, 0.1) is 0 Å². The van der Waals surface area contributed by atoms with Gasteiger partial charge in [0.25, 0.3) is 5.91 Å². The van der Waals surface area contributed by atoms with Crippen LogP contribution in [0.3, 0.4) is 0 Å². The van der Waals surface area contributed by atoms with Gasteiger partial charge in [-0.1, -0.05) is 31.0 Å². The summed E-state index contributed by atoms with van der Waals surface area (Å²) in [7, 11) is 0. The zero-order chi connectivity index (χ0) is 14.9. The van der Waals surface area contributed by atoms with Gasteiger partial charge in [0, 0.05) is 24.7 Å². The number of nitrogens with zero attached hydrogens (tertiary/aromatic N) is 1. The van der Waals surface area contributed by atoms with Crippen LogP contribution in [0, 0.1) is 0 Å². The summed E-state index contributed by atoms with van der Waals surface area (Å²) in [4.78, 5) is 14.0. The van der Waals surface area contributed by atoms with E-state index in [2.05, 4.69) is 5.32 Å². The van der Waals surface area contributed by atoms with E-state index in [1.54, 1.807) is 4.90 Å². The maximum Gasteiger partial charge on any atom is 0.257 e. The highest BCUT2D eigenvalue weighted by atomic mass is 16.4. The maximum absolute atomic E-state index is 12.4. The highest BCUT2D eigenvalue weighted by Gasteiger charge is 2.51. The number of hydrogen-bond acceptors (Lipinski definition) is 4. The van der Waals surface area contributed by atoms with Gasteiger partial charge < -0.3 is 20.4 Å². The largest absolute Gasteiger partial charge is 0.376 e. The average molecular weight is 290 g/mol. The predicted molar refractivity (Wildman–Crippen MR) is 79.8 cm³/mol. The quantitative estimate of drug-likeness (QED) is 0.777. The number of para-hydroxylation sites is 1. The summed E-state index contributed by atoms with van der Waals surface area (Å²) < 4.78 is 0. The highest BCUT2D eigenvalue weighted by molar-refractivity contribution is 5.87. The number of anilines is 1. The molecular formula is C16H22N2O3. The minimum Gasteiger partial charge on any atom is -0.376 e. The molecule has 0 radical (unpaired) electrons. The molecule has 1 saturated heterocycles. The van der Waals surface area contributed by atoms with Crippen molar-refractivity contribution in [2.24, 2.45) is 0 Å². The predicted octanol–water partition coefficient (Wildman–Crippen LogP) is 1.00. The molecule has 3 N–H and O–H groups in total. The molecule has 0 spiro atoms. The van der Waals surface area contributed by atoms with E-state index in [0.717, 1.165) is 31.4 Å². The van der Waals surface area contributed by atoms with E-state index in [1.807, 2.05) is 30.3 Å². The Kier molecular flexibility index (Phi) is 3.87. The van der Waals surface area contributed by atoms with E-state index in [-0.39, 0.29) is 12.5 Å². The van der Waals surface area contributed by atoms with Crippen LogP contribution in [0.1, 0.15) is 32.1 Å². The molecule has 1 unspecified atom stereocenters. The number of carbonyl (C=O) groups is 1. The van der Waals surface area contributed by atoms with Gasteiger partial charge in [-0.15, -0.1) is 0 Å². The number of aliphatic hydroxyl groups is 2. The summed E-state index contributed by atoms with van der Waals surface area (Å²) in [5.74, 6) is -0.444.